The maximum atomic E-state index is 12.6. The summed E-state index contributed by atoms with van der Waals surface area (Å²) in [7, 11) is -3.89. The zero-order valence-electron chi connectivity index (χ0n) is 21.7. The fourth-order valence-corrected chi connectivity index (χ4v) is 6.30. The maximum Gasteiger partial charge on any atom is 0.264 e. The molecule has 9 nitrogen and oxygen atoms in total. The van der Waals surface area contributed by atoms with Crippen LogP contribution in [0.15, 0.2) is 82.8 Å². The van der Waals surface area contributed by atoms with E-state index in [0.717, 1.165) is 30.5 Å². The van der Waals surface area contributed by atoms with Crippen molar-refractivity contribution in [3.05, 3.63) is 101 Å². The predicted molar refractivity (Wildman–Crippen MR) is 154 cm³/mol. The van der Waals surface area contributed by atoms with Crippen LogP contribution in [-0.4, -0.2) is 35.0 Å². The Balaban J connectivity index is 1.20. The number of nitrogens with one attached hydrogen (secondary N) is 2. The molecule has 0 aliphatic heterocycles. The molecule has 2 heterocycles. The molecule has 0 fully saturated rings. The van der Waals surface area contributed by atoms with Gasteiger partial charge in [0.1, 0.15) is 11.1 Å². The van der Waals surface area contributed by atoms with Crippen molar-refractivity contribution in [2.24, 2.45) is 0 Å². The Morgan fingerprint density at radius 1 is 1.10 bits per heavy atom. The van der Waals surface area contributed by atoms with Crippen molar-refractivity contribution in [2.75, 3.05) is 15.8 Å². The predicted octanol–water partition coefficient (Wildman–Crippen LogP) is 4.86. The topological polar surface area (TPSA) is 138 Å². The third kappa shape index (κ3) is 6.47. The highest BCUT2D eigenvalue weighted by molar-refractivity contribution is 8.00. The Labute approximate surface area is 237 Å². The van der Waals surface area contributed by atoms with Gasteiger partial charge in [0.15, 0.2) is 0 Å². The third-order valence-electron chi connectivity index (χ3n) is 6.55. The molecular weight excluding hydrogens is 544 g/mol. The summed E-state index contributed by atoms with van der Waals surface area (Å²) < 4.78 is 27.6. The van der Waals surface area contributed by atoms with Crippen LogP contribution in [0, 0.1) is 18.3 Å². The molecule has 202 valence electrons. The van der Waals surface area contributed by atoms with E-state index in [1.165, 1.54) is 47.8 Å². The number of hydrogen-bond donors (Lipinski definition) is 2. The van der Waals surface area contributed by atoms with E-state index in [1.54, 1.807) is 13.0 Å². The summed E-state index contributed by atoms with van der Waals surface area (Å²) in [4.78, 5) is 25.4. The first-order valence-electron chi connectivity index (χ1n) is 12.6. The van der Waals surface area contributed by atoms with Crippen LogP contribution in [0.5, 0.6) is 0 Å². The molecule has 2 aromatic carbocycles. The number of aryl methyl sites for hydroxylation is 2. The standard InChI is InChI=1S/C29H26N6O3S2/c1-19-13-14-31-29(32-19)35-40(37,38)25-10-8-24(9-11-25)33-27(36)18-39-28-23(17-30)16-22-15-21(7-12-26(22)34-28)20-5-3-2-4-6-20/h2-6,8-11,13-14,16,21H,7,12,15,18H2,1H3,(H,33,36)(H,31,32,35). The van der Waals surface area contributed by atoms with Crippen LogP contribution in [-0.2, 0) is 27.7 Å². The number of thioether (sulfide) groups is 1. The lowest BCUT2D eigenvalue weighted by Gasteiger charge is -2.25. The maximum absolute atomic E-state index is 12.6. The Morgan fingerprint density at radius 3 is 2.60 bits per heavy atom. The molecule has 5 rings (SSSR count). The van der Waals surface area contributed by atoms with E-state index in [1.807, 2.05) is 24.3 Å². The molecule has 0 radical (unpaired) electrons. The molecule has 4 aromatic rings. The first kappa shape index (κ1) is 27.3. The first-order chi connectivity index (χ1) is 19.3. The van der Waals surface area contributed by atoms with Gasteiger partial charge in [0.25, 0.3) is 10.0 Å². The number of amides is 1. The molecule has 1 aliphatic rings. The number of nitrogens with zero attached hydrogens (tertiary/aromatic N) is 4. The molecular formula is C29H26N6O3S2. The van der Waals surface area contributed by atoms with Gasteiger partial charge >= 0.3 is 0 Å². The number of rotatable bonds is 8. The number of anilines is 2. The molecule has 40 heavy (non-hydrogen) atoms. The number of nitriles is 1. The van der Waals surface area contributed by atoms with Crippen molar-refractivity contribution in [3.8, 4) is 6.07 Å². The zero-order chi connectivity index (χ0) is 28.1. The average molecular weight is 571 g/mol. The molecule has 0 bridgehead atoms. The minimum absolute atomic E-state index is 0.0106. The number of carbonyl (C=O) groups is 1. The Hall–Kier alpha value is -4.27. The second-order valence-electron chi connectivity index (χ2n) is 9.40. The molecule has 2 aromatic heterocycles. The number of hydrogen-bond acceptors (Lipinski definition) is 8. The molecule has 1 aliphatic carbocycles. The van der Waals surface area contributed by atoms with Gasteiger partial charge in [-0.25, -0.2) is 28.1 Å². The van der Waals surface area contributed by atoms with E-state index < -0.39 is 10.0 Å². The summed E-state index contributed by atoms with van der Waals surface area (Å²) in [5.41, 5.74) is 4.91. The van der Waals surface area contributed by atoms with E-state index in [4.69, 9.17) is 4.98 Å². The minimum Gasteiger partial charge on any atom is -0.325 e. The molecule has 0 saturated heterocycles. The summed E-state index contributed by atoms with van der Waals surface area (Å²) in [6, 6.07) is 22.0. The molecule has 1 unspecified atom stereocenters. The fraction of sp³-hybridized carbons (Fsp3) is 0.207. The Kier molecular flexibility index (Phi) is 8.09. The van der Waals surface area contributed by atoms with Gasteiger partial charge in [0.05, 0.1) is 16.2 Å². The Bertz CT molecular complexity index is 1690. The minimum atomic E-state index is -3.89. The van der Waals surface area contributed by atoms with Crippen LogP contribution < -0.4 is 10.0 Å². The van der Waals surface area contributed by atoms with Crippen molar-refractivity contribution in [1.29, 1.82) is 5.26 Å². The number of aromatic nitrogens is 3. The van der Waals surface area contributed by atoms with Crippen LogP contribution in [0.2, 0.25) is 0 Å². The largest absolute Gasteiger partial charge is 0.325 e. The lowest BCUT2D eigenvalue weighted by Crippen LogP contribution is -2.17. The second kappa shape index (κ2) is 11.9. The van der Waals surface area contributed by atoms with Gasteiger partial charge in [-0.15, -0.1) is 0 Å². The highest BCUT2D eigenvalue weighted by Gasteiger charge is 2.23. The van der Waals surface area contributed by atoms with E-state index in [-0.39, 0.29) is 22.5 Å². The van der Waals surface area contributed by atoms with Gasteiger partial charge in [-0.2, -0.15) is 5.26 Å². The number of pyridine rings is 1. The van der Waals surface area contributed by atoms with Gasteiger partial charge in [0.2, 0.25) is 11.9 Å². The van der Waals surface area contributed by atoms with Crippen molar-refractivity contribution >= 4 is 39.3 Å². The second-order valence-corrected chi connectivity index (χ2v) is 12.0. The summed E-state index contributed by atoms with van der Waals surface area (Å²) in [5, 5.41) is 13.0. The highest BCUT2D eigenvalue weighted by Crippen LogP contribution is 2.34. The summed E-state index contributed by atoms with van der Waals surface area (Å²) in [6.45, 7) is 1.74. The number of benzene rings is 2. The normalized spacial score (nSPS) is 14.6. The van der Waals surface area contributed by atoms with Crippen molar-refractivity contribution in [1.82, 2.24) is 15.0 Å². The summed E-state index contributed by atoms with van der Waals surface area (Å²) in [6.07, 6.45) is 4.11. The van der Waals surface area contributed by atoms with Crippen molar-refractivity contribution in [2.45, 2.75) is 42.0 Å². The molecule has 1 amide bonds. The molecule has 0 saturated carbocycles. The van der Waals surface area contributed by atoms with Gasteiger partial charge in [-0.3, -0.25) is 4.79 Å². The van der Waals surface area contributed by atoms with Gasteiger partial charge < -0.3 is 5.32 Å². The summed E-state index contributed by atoms with van der Waals surface area (Å²) >= 11 is 1.21. The molecule has 0 spiro atoms. The number of fused-ring (bicyclic) bond motifs is 1. The Morgan fingerprint density at radius 2 is 1.88 bits per heavy atom. The van der Waals surface area contributed by atoms with Crippen LogP contribution in [0.1, 0.15) is 40.4 Å². The number of carbonyl (C=O) groups excluding carboxylic acids is 1. The van der Waals surface area contributed by atoms with E-state index in [9.17, 15) is 18.5 Å². The SMILES string of the molecule is Cc1ccnc(NS(=O)(=O)c2ccc(NC(=O)CSc3nc4c(cc3C#N)CC(c3ccccc3)CC4)cc2)n1. The monoisotopic (exact) mass is 570 g/mol. The van der Waals surface area contributed by atoms with E-state index in [2.05, 4.69) is 38.2 Å². The lowest BCUT2D eigenvalue weighted by atomic mass is 9.82. The van der Waals surface area contributed by atoms with Crippen molar-refractivity contribution < 1.29 is 13.2 Å². The lowest BCUT2D eigenvalue weighted by molar-refractivity contribution is -0.113. The van der Waals surface area contributed by atoms with Crippen LogP contribution in [0.4, 0.5) is 11.6 Å². The highest BCUT2D eigenvalue weighted by atomic mass is 32.2. The quantitative estimate of drug-likeness (QED) is 0.287. The molecule has 11 heteroatoms. The fourth-order valence-electron chi connectivity index (χ4n) is 4.57. The third-order valence-corrected chi connectivity index (χ3v) is 8.89. The van der Waals surface area contributed by atoms with Crippen LogP contribution in [0.25, 0.3) is 0 Å². The zero-order valence-corrected chi connectivity index (χ0v) is 23.3. The van der Waals surface area contributed by atoms with Gasteiger partial charge in [-0.05, 0) is 79.6 Å². The molecule has 2 N–H and O–H groups in total. The van der Waals surface area contributed by atoms with Gasteiger partial charge in [0, 0.05) is 23.3 Å². The number of sulfonamides is 1. The summed E-state index contributed by atoms with van der Waals surface area (Å²) in [5.74, 6) is 0.149. The van der Waals surface area contributed by atoms with Crippen molar-refractivity contribution in [3.63, 3.8) is 0 Å². The average Bonchev–Trinajstić information content (AvgIpc) is 2.96. The van der Waals surface area contributed by atoms with E-state index in [0.29, 0.717) is 27.9 Å². The first-order valence-corrected chi connectivity index (χ1v) is 15.1. The molecule has 1 atom stereocenters. The van der Waals surface area contributed by atoms with Crippen LogP contribution >= 0.6 is 11.8 Å². The van der Waals surface area contributed by atoms with Crippen LogP contribution in [0.3, 0.4) is 0 Å². The smallest absolute Gasteiger partial charge is 0.264 e. The van der Waals surface area contributed by atoms with E-state index >= 15 is 0 Å². The van der Waals surface area contributed by atoms with Gasteiger partial charge in [-0.1, -0.05) is 42.1 Å².